The summed E-state index contributed by atoms with van der Waals surface area (Å²) < 4.78 is 17.0. The number of rotatable bonds is 10. The van der Waals surface area contributed by atoms with Gasteiger partial charge in [-0.15, -0.1) is 0 Å². The van der Waals surface area contributed by atoms with E-state index < -0.39 is 0 Å². The van der Waals surface area contributed by atoms with Crippen molar-refractivity contribution in [3.05, 3.63) is 59.0 Å². The van der Waals surface area contributed by atoms with Gasteiger partial charge in [0.15, 0.2) is 23.1 Å². The Morgan fingerprint density at radius 2 is 1.68 bits per heavy atom. The van der Waals surface area contributed by atoms with E-state index in [-0.39, 0.29) is 17.5 Å². The van der Waals surface area contributed by atoms with Crippen LogP contribution in [0, 0.1) is 0 Å². The topological polar surface area (TPSA) is 65.1 Å². The monoisotopic (exact) mass is 465 g/mol. The van der Waals surface area contributed by atoms with Gasteiger partial charge in [-0.05, 0) is 56.7 Å². The van der Waals surface area contributed by atoms with Gasteiger partial charge in [-0.3, -0.25) is 9.59 Å². The van der Waals surface area contributed by atoms with Crippen molar-refractivity contribution in [3.8, 4) is 11.5 Å². The van der Waals surface area contributed by atoms with E-state index in [1.165, 1.54) is 0 Å². The number of carbonyl (C=O) groups excluding carboxylic acids is 2. The second-order valence-electron chi connectivity index (χ2n) is 8.94. The van der Waals surface area contributed by atoms with E-state index in [2.05, 4.69) is 11.5 Å². The minimum atomic E-state index is -0.350. The maximum atomic E-state index is 13.4. The van der Waals surface area contributed by atoms with Gasteiger partial charge in [0.1, 0.15) is 6.61 Å². The van der Waals surface area contributed by atoms with Crippen LogP contribution < -0.4 is 9.47 Å². The summed E-state index contributed by atoms with van der Waals surface area (Å²) in [7, 11) is 1.70. The molecule has 6 nitrogen and oxygen atoms in total. The van der Waals surface area contributed by atoms with Gasteiger partial charge >= 0.3 is 0 Å². The van der Waals surface area contributed by atoms with Crippen LogP contribution in [0.4, 0.5) is 0 Å². The van der Waals surface area contributed by atoms with Crippen LogP contribution in [0.2, 0.25) is 0 Å². The molecule has 0 amide bonds. The second-order valence-corrected chi connectivity index (χ2v) is 8.94. The molecule has 182 valence electrons. The predicted molar refractivity (Wildman–Crippen MR) is 131 cm³/mol. The van der Waals surface area contributed by atoms with Crippen LogP contribution in [-0.2, 0) is 14.3 Å². The first kappa shape index (κ1) is 24.3. The first-order valence-electron chi connectivity index (χ1n) is 12.4. The molecule has 0 fully saturated rings. The lowest BCUT2D eigenvalue weighted by Crippen LogP contribution is -2.39. The Balaban J connectivity index is 1.84. The molecule has 1 heterocycles. The standard InChI is InChI=1S/C28H35NO5/c1-4-16-34-24-14-13-19(18-25(24)33-5-2)26-27-20(9-6-11-22(27)30)29(15-8-17-32-3)21-10-7-12-23(31)28(21)26/h4,13-14,18,26H,1,5-12,15-17H2,2-3H3. The summed E-state index contributed by atoms with van der Waals surface area (Å²) in [5.41, 5.74) is 4.68. The van der Waals surface area contributed by atoms with Crippen LogP contribution >= 0.6 is 0 Å². The molecule has 0 radical (unpaired) electrons. The molecule has 1 aromatic rings. The molecule has 6 heteroatoms. The van der Waals surface area contributed by atoms with Gasteiger partial charge in [0, 0.05) is 61.6 Å². The Kier molecular flexibility index (Phi) is 7.88. The van der Waals surface area contributed by atoms with Gasteiger partial charge in [-0.25, -0.2) is 0 Å². The number of ketones is 2. The molecule has 0 saturated heterocycles. The minimum Gasteiger partial charge on any atom is -0.490 e. The van der Waals surface area contributed by atoms with Crippen molar-refractivity contribution in [1.29, 1.82) is 0 Å². The Labute approximate surface area is 202 Å². The largest absolute Gasteiger partial charge is 0.490 e. The van der Waals surface area contributed by atoms with Crippen LogP contribution in [-0.4, -0.2) is 49.9 Å². The molecule has 1 aliphatic heterocycles. The van der Waals surface area contributed by atoms with Crippen molar-refractivity contribution in [2.75, 3.05) is 33.5 Å². The lowest BCUT2D eigenvalue weighted by molar-refractivity contribution is -0.117. The second kappa shape index (κ2) is 11.0. The number of benzene rings is 1. The molecule has 0 saturated carbocycles. The molecule has 0 bridgehead atoms. The summed E-state index contributed by atoms with van der Waals surface area (Å²) in [6.45, 7) is 7.93. The molecule has 3 aliphatic rings. The highest BCUT2D eigenvalue weighted by molar-refractivity contribution is 6.06. The third kappa shape index (κ3) is 4.69. The van der Waals surface area contributed by atoms with E-state index in [0.717, 1.165) is 66.8 Å². The summed E-state index contributed by atoms with van der Waals surface area (Å²) in [6, 6.07) is 5.81. The number of hydrogen-bond acceptors (Lipinski definition) is 6. The van der Waals surface area contributed by atoms with E-state index in [1.807, 2.05) is 25.1 Å². The van der Waals surface area contributed by atoms with Crippen molar-refractivity contribution in [1.82, 2.24) is 4.90 Å². The van der Waals surface area contributed by atoms with Crippen molar-refractivity contribution < 1.29 is 23.8 Å². The predicted octanol–water partition coefficient (Wildman–Crippen LogP) is 5.10. The molecular weight excluding hydrogens is 430 g/mol. The minimum absolute atomic E-state index is 0.151. The number of carbonyl (C=O) groups is 2. The average Bonchev–Trinajstić information content (AvgIpc) is 2.84. The van der Waals surface area contributed by atoms with Gasteiger partial charge in [-0.2, -0.15) is 0 Å². The van der Waals surface area contributed by atoms with E-state index in [9.17, 15) is 9.59 Å². The van der Waals surface area contributed by atoms with Crippen molar-refractivity contribution >= 4 is 11.6 Å². The molecule has 0 unspecified atom stereocenters. The highest BCUT2D eigenvalue weighted by atomic mass is 16.5. The molecule has 34 heavy (non-hydrogen) atoms. The van der Waals surface area contributed by atoms with Gasteiger partial charge < -0.3 is 19.1 Å². The van der Waals surface area contributed by atoms with Crippen LogP contribution in [0.3, 0.4) is 0 Å². The van der Waals surface area contributed by atoms with Crippen LogP contribution in [0.15, 0.2) is 53.4 Å². The Morgan fingerprint density at radius 1 is 1.00 bits per heavy atom. The third-order valence-electron chi connectivity index (χ3n) is 6.77. The molecule has 1 aromatic carbocycles. The number of nitrogens with zero attached hydrogens (tertiary/aromatic N) is 1. The lowest BCUT2D eigenvalue weighted by atomic mass is 9.71. The molecule has 4 rings (SSSR count). The van der Waals surface area contributed by atoms with Gasteiger partial charge in [0.25, 0.3) is 0 Å². The molecule has 0 atom stereocenters. The van der Waals surface area contributed by atoms with E-state index in [0.29, 0.717) is 44.2 Å². The molecule has 2 aliphatic carbocycles. The SMILES string of the molecule is C=CCOc1ccc(C2C3=C(CCCC3=O)N(CCCOC)C3=C2C(=O)CCC3)cc1OCC. The number of allylic oxidation sites excluding steroid dienone is 4. The lowest BCUT2D eigenvalue weighted by Gasteiger charge is -2.44. The normalized spacial score (nSPS) is 18.7. The fourth-order valence-electron chi connectivity index (χ4n) is 5.43. The fourth-order valence-corrected chi connectivity index (χ4v) is 5.43. The van der Waals surface area contributed by atoms with Crippen LogP contribution in [0.5, 0.6) is 11.5 Å². The summed E-state index contributed by atoms with van der Waals surface area (Å²) >= 11 is 0. The zero-order valence-corrected chi connectivity index (χ0v) is 20.4. The van der Waals surface area contributed by atoms with Gasteiger partial charge in [0.2, 0.25) is 0 Å². The quantitative estimate of drug-likeness (QED) is 0.354. The van der Waals surface area contributed by atoms with Crippen molar-refractivity contribution in [3.63, 3.8) is 0 Å². The van der Waals surface area contributed by atoms with Gasteiger partial charge in [-0.1, -0.05) is 18.7 Å². The number of Topliss-reactive ketones (excluding diaryl/α,β-unsaturated/α-hetero) is 2. The molecular formula is C28H35NO5. The summed E-state index contributed by atoms with van der Waals surface area (Å²) in [4.78, 5) is 29.0. The first-order chi connectivity index (χ1) is 16.6. The van der Waals surface area contributed by atoms with Crippen LogP contribution in [0.1, 0.15) is 63.4 Å². The Morgan fingerprint density at radius 3 is 2.26 bits per heavy atom. The number of ether oxygens (including phenoxy) is 3. The van der Waals surface area contributed by atoms with Crippen LogP contribution in [0.25, 0.3) is 0 Å². The average molecular weight is 466 g/mol. The number of hydrogen-bond donors (Lipinski definition) is 0. The maximum Gasteiger partial charge on any atom is 0.161 e. The maximum absolute atomic E-state index is 13.4. The molecule has 0 aromatic heterocycles. The molecule has 0 N–H and O–H groups in total. The van der Waals surface area contributed by atoms with E-state index in [1.54, 1.807) is 13.2 Å². The number of methoxy groups -OCH3 is 1. The summed E-state index contributed by atoms with van der Waals surface area (Å²) in [5, 5.41) is 0. The third-order valence-corrected chi connectivity index (χ3v) is 6.77. The van der Waals surface area contributed by atoms with Gasteiger partial charge in [0.05, 0.1) is 6.61 Å². The Bertz CT molecular complexity index is 978. The van der Waals surface area contributed by atoms with Crippen molar-refractivity contribution in [2.24, 2.45) is 0 Å². The smallest absolute Gasteiger partial charge is 0.161 e. The highest BCUT2D eigenvalue weighted by Gasteiger charge is 2.43. The molecule has 0 spiro atoms. The van der Waals surface area contributed by atoms with E-state index >= 15 is 0 Å². The highest BCUT2D eigenvalue weighted by Crippen LogP contribution is 2.50. The zero-order chi connectivity index (χ0) is 24.1. The van der Waals surface area contributed by atoms with Crippen molar-refractivity contribution in [2.45, 2.75) is 57.8 Å². The summed E-state index contributed by atoms with van der Waals surface area (Å²) in [6.07, 6.45) is 7.00. The van der Waals surface area contributed by atoms with E-state index in [4.69, 9.17) is 14.2 Å². The Hall–Kier alpha value is -2.86. The first-order valence-corrected chi connectivity index (χ1v) is 12.4. The fraction of sp³-hybridized carbons (Fsp3) is 0.500. The zero-order valence-electron chi connectivity index (χ0n) is 20.4. The summed E-state index contributed by atoms with van der Waals surface area (Å²) in [5.74, 6) is 1.21.